The third-order valence-corrected chi connectivity index (χ3v) is 3.28. The first kappa shape index (κ1) is 12.8. The molecule has 0 unspecified atom stereocenters. The first-order valence-electron chi connectivity index (χ1n) is 5.19. The minimum absolute atomic E-state index is 0.176. The van der Waals surface area contributed by atoms with E-state index in [9.17, 15) is 4.79 Å². The summed E-state index contributed by atoms with van der Waals surface area (Å²) in [5, 5.41) is 15.9. The van der Waals surface area contributed by atoms with Crippen molar-refractivity contribution >= 4 is 11.8 Å². The molecule has 88 valence electrons. The Balaban J connectivity index is 2.56. The van der Waals surface area contributed by atoms with Gasteiger partial charge in [0.25, 0.3) is 0 Å². The maximum Gasteiger partial charge on any atom is 0.343 e. The summed E-state index contributed by atoms with van der Waals surface area (Å²) in [6.07, 6.45) is 0.777. The first-order valence-corrected chi connectivity index (χ1v) is 6.18. The number of nitriles is 1. The van der Waals surface area contributed by atoms with E-state index in [1.807, 2.05) is 20.8 Å². The number of rotatable bonds is 5. The average molecular weight is 240 g/mol. The van der Waals surface area contributed by atoms with Gasteiger partial charge in [0.05, 0.1) is 11.5 Å². The highest BCUT2D eigenvalue weighted by atomic mass is 32.2. The molecule has 0 radical (unpaired) electrons. The fourth-order valence-electron chi connectivity index (χ4n) is 1.15. The predicted molar refractivity (Wildman–Crippen MR) is 63.3 cm³/mol. The third-order valence-electron chi connectivity index (χ3n) is 2.30. The Hall–Kier alpha value is -1.22. The van der Waals surface area contributed by atoms with Gasteiger partial charge in [0.2, 0.25) is 0 Å². The van der Waals surface area contributed by atoms with E-state index in [0.717, 1.165) is 12.2 Å². The number of H-pyrrole nitrogens is 1. The molecule has 1 aromatic heterocycles. The van der Waals surface area contributed by atoms with Crippen LogP contribution in [0.3, 0.4) is 0 Å². The molecular weight excluding hydrogens is 224 g/mol. The third kappa shape index (κ3) is 3.14. The monoisotopic (exact) mass is 240 g/mol. The highest BCUT2D eigenvalue weighted by molar-refractivity contribution is 7.99. The number of aromatic nitrogens is 3. The van der Waals surface area contributed by atoms with Crippen molar-refractivity contribution in [2.75, 3.05) is 5.75 Å². The highest BCUT2D eigenvalue weighted by Crippen LogP contribution is 2.24. The summed E-state index contributed by atoms with van der Waals surface area (Å²) in [5.74, 6) is 0.783. The fourth-order valence-corrected chi connectivity index (χ4v) is 2.42. The summed E-state index contributed by atoms with van der Waals surface area (Å²) in [6, 6.07) is 2.25. The van der Waals surface area contributed by atoms with Crippen LogP contribution < -0.4 is 5.69 Å². The molecule has 0 fully saturated rings. The SMILES string of the molecule is CCn1c(SCCC(C)(C)C#N)n[nH]c1=O. The molecule has 6 heteroatoms. The summed E-state index contributed by atoms with van der Waals surface area (Å²) in [5.41, 5.74) is -0.495. The van der Waals surface area contributed by atoms with Crippen LogP contribution >= 0.6 is 11.8 Å². The van der Waals surface area contributed by atoms with Crippen molar-refractivity contribution in [3.63, 3.8) is 0 Å². The molecule has 0 saturated heterocycles. The normalized spacial score (nSPS) is 11.4. The van der Waals surface area contributed by atoms with Gasteiger partial charge in [-0.15, -0.1) is 5.10 Å². The molecule has 0 bridgehead atoms. The van der Waals surface area contributed by atoms with Crippen molar-refractivity contribution in [2.45, 2.75) is 38.9 Å². The minimum atomic E-state index is -0.319. The highest BCUT2D eigenvalue weighted by Gasteiger charge is 2.17. The topological polar surface area (TPSA) is 74.5 Å². The Labute approximate surface area is 98.9 Å². The smallest absolute Gasteiger partial charge is 0.270 e. The molecule has 0 aliphatic rings. The number of aromatic amines is 1. The summed E-state index contributed by atoms with van der Waals surface area (Å²) < 4.78 is 1.59. The van der Waals surface area contributed by atoms with Crippen LogP contribution in [0, 0.1) is 16.7 Å². The van der Waals surface area contributed by atoms with Gasteiger partial charge < -0.3 is 0 Å². The number of nitrogens with one attached hydrogen (secondary N) is 1. The lowest BCUT2D eigenvalue weighted by Gasteiger charge is -2.13. The average Bonchev–Trinajstić information content (AvgIpc) is 2.59. The van der Waals surface area contributed by atoms with Crippen LogP contribution in [0.5, 0.6) is 0 Å². The zero-order valence-corrected chi connectivity index (χ0v) is 10.6. The molecule has 0 amide bonds. The Bertz CT molecular complexity index is 440. The number of hydrogen-bond donors (Lipinski definition) is 1. The van der Waals surface area contributed by atoms with Gasteiger partial charge in [-0.25, -0.2) is 9.89 Å². The van der Waals surface area contributed by atoms with Crippen molar-refractivity contribution in [1.82, 2.24) is 14.8 Å². The van der Waals surface area contributed by atoms with Crippen LogP contribution in [0.4, 0.5) is 0 Å². The van der Waals surface area contributed by atoms with Gasteiger partial charge in [-0.05, 0) is 27.2 Å². The second-order valence-corrected chi connectivity index (χ2v) is 5.21. The van der Waals surface area contributed by atoms with Crippen molar-refractivity contribution in [3.8, 4) is 6.07 Å². The van der Waals surface area contributed by atoms with Gasteiger partial charge in [-0.1, -0.05) is 11.8 Å². The van der Waals surface area contributed by atoms with Crippen LogP contribution in [0.1, 0.15) is 27.2 Å². The Morgan fingerprint density at radius 1 is 1.62 bits per heavy atom. The number of hydrogen-bond acceptors (Lipinski definition) is 4. The molecule has 0 spiro atoms. The van der Waals surface area contributed by atoms with Gasteiger partial charge >= 0.3 is 5.69 Å². The van der Waals surface area contributed by atoms with Crippen molar-refractivity contribution in [2.24, 2.45) is 5.41 Å². The standard InChI is InChI=1S/C10H16N4OS/c1-4-14-8(15)12-13-9(14)16-6-5-10(2,3)7-11/h4-6H2,1-3H3,(H,12,15). The molecule has 0 atom stereocenters. The molecule has 0 aliphatic heterocycles. The maximum absolute atomic E-state index is 11.3. The summed E-state index contributed by atoms with van der Waals surface area (Å²) in [7, 11) is 0. The van der Waals surface area contributed by atoms with E-state index in [2.05, 4.69) is 16.3 Å². The van der Waals surface area contributed by atoms with E-state index in [1.165, 1.54) is 11.8 Å². The number of thioether (sulfide) groups is 1. The van der Waals surface area contributed by atoms with Crippen LogP contribution in [-0.4, -0.2) is 20.5 Å². The lowest BCUT2D eigenvalue weighted by molar-refractivity contribution is 0.481. The fraction of sp³-hybridized carbons (Fsp3) is 0.700. The molecule has 0 aliphatic carbocycles. The second kappa shape index (κ2) is 5.21. The molecule has 0 saturated carbocycles. The van der Waals surface area contributed by atoms with Gasteiger partial charge in [0.1, 0.15) is 0 Å². The van der Waals surface area contributed by atoms with E-state index >= 15 is 0 Å². The van der Waals surface area contributed by atoms with Gasteiger partial charge in [-0.2, -0.15) is 5.26 Å². The molecular formula is C10H16N4OS. The Morgan fingerprint density at radius 2 is 2.31 bits per heavy atom. The maximum atomic E-state index is 11.3. The van der Waals surface area contributed by atoms with Crippen molar-refractivity contribution < 1.29 is 0 Å². The van der Waals surface area contributed by atoms with Crippen LogP contribution in [0.2, 0.25) is 0 Å². The molecule has 1 aromatic rings. The summed E-state index contributed by atoms with van der Waals surface area (Å²) in [4.78, 5) is 11.3. The van der Waals surface area contributed by atoms with E-state index in [4.69, 9.17) is 5.26 Å². The van der Waals surface area contributed by atoms with E-state index in [-0.39, 0.29) is 11.1 Å². The molecule has 5 nitrogen and oxygen atoms in total. The van der Waals surface area contributed by atoms with E-state index in [0.29, 0.717) is 11.7 Å². The molecule has 16 heavy (non-hydrogen) atoms. The molecule has 0 aromatic carbocycles. The van der Waals surface area contributed by atoms with Gasteiger partial charge in [-0.3, -0.25) is 4.57 Å². The van der Waals surface area contributed by atoms with Gasteiger partial charge in [0.15, 0.2) is 5.16 Å². The van der Waals surface area contributed by atoms with E-state index < -0.39 is 0 Å². The zero-order chi connectivity index (χ0) is 12.2. The van der Waals surface area contributed by atoms with E-state index in [1.54, 1.807) is 4.57 Å². The largest absolute Gasteiger partial charge is 0.343 e. The lowest BCUT2D eigenvalue weighted by Crippen LogP contribution is -2.16. The van der Waals surface area contributed by atoms with Crippen LogP contribution in [0.25, 0.3) is 0 Å². The van der Waals surface area contributed by atoms with Crippen LogP contribution in [0.15, 0.2) is 9.95 Å². The summed E-state index contributed by atoms with van der Waals surface area (Å²) >= 11 is 1.50. The number of nitrogens with zero attached hydrogens (tertiary/aromatic N) is 3. The summed E-state index contributed by atoms with van der Waals surface area (Å²) in [6.45, 7) is 6.33. The quantitative estimate of drug-likeness (QED) is 0.794. The van der Waals surface area contributed by atoms with Gasteiger partial charge in [0, 0.05) is 12.3 Å². The Kier molecular flexibility index (Phi) is 4.19. The van der Waals surface area contributed by atoms with Crippen molar-refractivity contribution in [1.29, 1.82) is 5.26 Å². The Morgan fingerprint density at radius 3 is 2.88 bits per heavy atom. The minimum Gasteiger partial charge on any atom is -0.270 e. The molecule has 1 rings (SSSR count). The zero-order valence-electron chi connectivity index (χ0n) is 9.78. The van der Waals surface area contributed by atoms with Crippen molar-refractivity contribution in [3.05, 3.63) is 10.5 Å². The molecule has 1 N–H and O–H groups in total. The van der Waals surface area contributed by atoms with Crippen LogP contribution in [-0.2, 0) is 6.54 Å². The molecule has 1 heterocycles. The predicted octanol–water partition coefficient (Wildman–Crippen LogP) is 1.62. The first-order chi connectivity index (χ1) is 7.50. The second-order valence-electron chi connectivity index (χ2n) is 4.15. The lowest BCUT2D eigenvalue weighted by atomic mass is 9.93.